The molecule has 2 aromatic carbocycles. The largest absolute Gasteiger partial charge is 0.480 e. The maximum atomic E-state index is 13.6. The van der Waals surface area contributed by atoms with Gasteiger partial charge in [0.1, 0.15) is 11.6 Å². The van der Waals surface area contributed by atoms with Crippen molar-refractivity contribution in [1.29, 1.82) is 0 Å². The zero-order valence-electron chi connectivity index (χ0n) is 17.7. The van der Waals surface area contributed by atoms with Gasteiger partial charge in [-0.1, -0.05) is 62.9 Å². The van der Waals surface area contributed by atoms with E-state index in [1.807, 2.05) is 6.07 Å². The Morgan fingerprint density at radius 2 is 1.90 bits per heavy atom. The standard InChI is InChI=1S/C22H26N2O5S2/c1-4-12-30-22-23-18-11-10-17(13-19(18)29-22)31(27,28)24(20(15(2)3)21(25)26)14-16-8-6-5-7-9-16/h5-11,13,15,20H,4,12,14H2,1-3H3,(H,25,26)/t20-/m1/s1. The van der Waals surface area contributed by atoms with Gasteiger partial charge in [0.25, 0.3) is 5.22 Å². The van der Waals surface area contributed by atoms with E-state index in [0.29, 0.717) is 21.9 Å². The molecule has 0 fully saturated rings. The number of aliphatic carboxylic acids is 1. The van der Waals surface area contributed by atoms with Crippen LogP contribution in [0.25, 0.3) is 11.1 Å². The first-order valence-corrected chi connectivity index (χ1v) is 12.5. The van der Waals surface area contributed by atoms with E-state index in [0.717, 1.165) is 16.5 Å². The van der Waals surface area contributed by atoms with E-state index in [1.54, 1.807) is 44.2 Å². The average Bonchev–Trinajstić information content (AvgIpc) is 3.14. The third-order valence-corrected chi connectivity index (χ3v) is 7.61. The Bertz CT molecular complexity index is 1140. The van der Waals surface area contributed by atoms with Gasteiger partial charge in [0.05, 0.1) is 4.90 Å². The topological polar surface area (TPSA) is 101 Å². The molecule has 0 radical (unpaired) electrons. The van der Waals surface area contributed by atoms with Crippen molar-refractivity contribution in [2.24, 2.45) is 5.92 Å². The lowest BCUT2D eigenvalue weighted by molar-refractivity contribution is -0.143. The predicted molar refractivity (Wildman–Crippen MR) is 120 cm³/mol. The molecule has 0 saturated carbocycles. The summed E-state index contributed by atoms with van der Waals surface area (Å²) in [5, 5.41) is 10.3. The smallest absolute Gasteiger partial charge is 0.322 e. The van der Waals surface area contributed by atoms with Crippen molar-refractivity contribution in [1.82, 2.24) is 9.29 Å². The number of nitrogens with zero attached hydrogens (tertiary/aromatic N) is 2. The Morgan fingerprint density at radius 1 is 1.19 bits per heavy atom. The molecule has 0 saturated heterocycles. The Morgan fingerprint density at radius 3 is 2.52 bits per heavy atom. The Hall–Kier alpha value is -2.36. The summed E-state index contributed by atoms with van der Waals surface area (Å²) in [5.41, 5.74) is 1.62. The zero-order chi connectivity index (χ0) is 22.6. The number of carbonyl (C=O) groups is 1. The first kappa shape index (κ1) is 23.3. The van der Waals surface area contributed by atoms with Crippen LogP contribution in [0.3, 0.4) is 0 Å². The number of oxazole rings is 1. The highest BCUT2D eigenvalue weighted by Crippen LogP contribution is 2.29. The minimum atomic E-state index is -4.13. The van der Waals surface area contributed by atoms with Crippen LogP contribution in [-0.2, 0) is 21.4 Å². The van der Waals surface area contributed by atoms with Gasteiger partial charge in [-0.2, -0.15) is 4.31 Å². The summed E-state index contributed by atoms with van der Waals surface area (Å²) in [7, 11) is -4.13. The van der Waals surface area contributed by atoms with Crippen molar-refractivity contribution in [2.45, 2.75) is 49.9 Å². The van der Waals surface area contributed by atoms with Crippen LogP contribution < -0.4 is 0 Å². The van der Waals surface area contributed by atoms with Crippen LogP contribution >= 0.6 is 11.8 Å². The summed E-state index contributed by atoms with van der Waals surface area (Å²) in [6, 6.07) is 12.2. The van der Waals surface area contributed by atoms with Crippen LogP contribution in [0.15, 0.2) is 63.1 Å². The molecule has 7 nitrogen and oxygen atoms in total. The van der Waals surface area contributed by atoms with Crippen molar-refractivity contribution in [3.05, 3.63) is 54.1 Å². The molecule has 1 atom stereocenters. The highest BCUT2D eigenvalue weighted by molar-refractivity contribution is 7.99. The van der Waals surface area contributed by atoms with Gasteiger partial charge in [0.15, 0.2) is 5.58 Å². The second-order valence-corrected chi connectivity index (χ2v) is 10.5. The van der Waals surface area contributed by atoms with Gasteiger partial charge in [0, 0.05) is 18.4 Å². The fourth-order valence-corrected chi connectivity index (χ4v) is 5.68. The molecule has 1 aromatic heterocycles. The summed E-state index contributed by atoms with van der Waals surface area (Å²) >= 11 is 1.46. The first-order valence-electron chi connectivity index (χ1n) is 10.1. The number of benzene rings is 2. The minimum absolute atomic E-state index is 0.0222. The summed E-state index contributed by atoms with van der Waals surface area (Å²) in [5.74, 6) is -0.770. The zero-order valence-corrected chi connectivity index (χ0v) is 19.3. The molecule has 3 aromatic rings. The summed E-state index contributed by atoms with van der Waals surface area (Å²) in [6.07, 6.45) is 0.962. The van der Waals surface area contributed by atoms with E-state index < -0.39 is 28.0 Å². The fraction of sp³-hybridized carbons (Fsp3) is 0.364. The monoisotopic (exact) mass is 462 g/mol. The SMILES string of the molecule is CCCSc1nc2ccc(S(=O)(=O)N(Cc3ccccc3)[C@@H](C(=O)O)C(C)C)cc2o1. The van der Waals surface area contributed by atoms with Crippen LogP contribution in [0.5, 0.6) is 0 Å². The Labute approximate surface area is 186 Å². The number of sulfonamides is 1. The van der Waals surface area contributed by atoms with E-state index in [4.69, 9.17) is 4.42 Å². The summed E-state index contributed by atoms with van der Waals surface area (Å²) in [4.78, 5) is 16.4. The molecule has 0 unspecified atom stereocenters. The molecule has 0 spiro atoms. The van der Waals surface area contributed by atoms with Gasteiger partial charge in [0.2, 0.25) is 10.0 Å². The lowest BCUT2D eigenvalue weighted by Crippen LogP contribution is -2.47. The van der Waals surface area contributed by atoms with E-state index in [1.165, 1.54) is 23.9 Å². The molecule has 9 heteroatoms. The van der Waals surface area contributed by atoms with Crippen LogP contribution in [0.1, 0.15) is 32.8 Å². The van der Waals surface area contributed by atoms with Gasteiger partial charge < -0.3 is 9.52 Å². The molecule has 166 valence electrons. The molecule has 1 N–H and O–H groups in total. The molecule has 0 bridgehead atoms. The van der Waals surface area contributed by atoms with Crippen molar-refractivity contribution >= 4 is 38.9 Å². The second kappa shape index (κ2) is 9.84. The van der Waals surface area contributed by atoms with Crippen LogP contribution in [-0.4, -0.2) is 40.6 Å². The quantitative estimate of drug-likeness (QED) is 0.438. The van der Waals surface area contributed by atoms with E-state index >= 15 is 0 Å². The van der Waals surface area contributed by atoms with Crippen molar-refractivity contribution in [3.63, 3.8) is 0 Å². The molecular weight excluding hydrogens is 436 g/mol. The van der Waals surface area contributed by atoms with Crippen molar-refractivity contribution in [2.75, 3.05) is 5.75 Å². The molecule has 0 aliphatic heterocycles. The normalized spacial score (nSPS) is 13.2. The third-order valence-electron chi connectivity index (χ3n) is 4.75. The maximum Gasteiger partial charge on any atom is 0.322 e. The minimum Gasteiger partial charge on any atom is -0.480 e. The fourth-order valence-electron chi connectivity index (χ4n) is 3.27. The van der Waals surface area contributed by atoms with E-state index in [-0.39, 0.29) is 11.4 Å². The summed E-state index contributed by atoms with van der Waals surface area (Å²) in [6.45, 7) is 5.39. The van der Waals surface area contributed by atoms with Crippen LogP contribution in [0.2, 0.25) is 0 Å². The Kier molecular flexibility index (Phi) is 7.40. The molecule has 0 amide bonds. The Balaban J connectivity index is 2.04. The number of carboxylic acid groups (broad SMARTS) is 1. The molecular formula is C22H26N2O5S2. The average molecular weight is 463 g/mol. The maximum absolute atomic E-state index is 13.6. The highest BCUT2D eigenvalue weighted by Gasteiger charge is 2.38. The first-order chi connectivity index (χ1) is 14.7. The van der Waals surface area contributed by atoms with E-state index in [2.05, 4.69) is 11.9 Å². The lowest BCUT2D eigenvalue weighted by atomic mass is 10.0. The number of aromatic nitrogens is 1. The molecule has 31 heavy (non-hydrogen) atoms. The number of carboxylic acids is 1. The van der Waals surface area contributed by atoms with Crippen molar-refractivity contribution < 1.29 is 22.7 Å². The van der Waals surface area contributed by atoms with Gasteiger partial charge in [-0.25, -0.2) is 13.4 Å². The van der Waals surface area contributed by atoms with Gasteiger partial charge >= 0.3 is 5.97 Å². The number of hydrogen-bond donors (Lipinski definition) is 1. The number of fused-ring (bicyclic) bond motifs is 1. The summed E-state index contributed by atoms with van der Waals surface area (Å²) < 4.78 is 34.0. The highest BCUT2D eigenvalue weighted by atomic mass is 32.2. The number of hydrogen-bond acceptors (Lipinski definition) is 6. The van der Waals surface area contributed by atoms with Gasteiger partial charge in [-0.15, -0.1) is 0 Å². The van der Waals surface area contributed by atoms with Crippen LogP contribution in [0, 0.1) is 5.92 Å². The van der Waals surface area contributed by atoms with Gasteiger partial charge in [-0.05, 0) is 30.0 Å². The van der Waals surface area contributed by atoms with Crippen LogP contribution in [0.4, 0.5) is 0 Å². The lowest BCUT2D eigenvalue weighted by Gasteiger charge is -2.30. The molecule has 0 aliphatic rings. The van der Waals surface area contributed by atoms with Crippen molar-refractivity contribution in [3.8, 4) is 0 Å². The number of rotatable bonds is 10. The third kappa shape index (κ3) is 5.28. The number of thioether (sulfide) groups is 1. The molecule has 0 aliphatic carbocycles. The molecule has 1 heterocycles. The molecule has 3 rings (SSSR count). The van der Waals surface area contributed by atoms with E-state index in [9.17, 15) is 18.3 Å². The second-order valence-electron chi connectivity index (χ2n) is 7.52. The predicted octanol–water partition coefficient (Wildman–Crippen LogP) is 4.63. The van der Waals surface area contributed by atoms with Gasteiger partial charge in [-0.3, -0.25) is 4.79 Å².